The van der Waals surface area contributed by atoms with Gasteiger partial charge in [-0.1, -0.05) is 12.8 Å². The number of alkyl halides is 2. The highest BCUT2D eigenvalue weighted by atomic mass is 32.2. The minimum atomic E-state index is -3.59. The Morgan fingerprint density at radius 2 is 2.00 bits per heavy atom. The van der Waals surface area contributed by atoms with Gasteiger partial charge in [-0.2, -0.15) is 5.10 Å². The van der Waals surface area contributed by atoms with Gasteiger partial charge in [0.05, 0.1) is 24.3 Å². The van der Waals surface area contributed by atoms with Crippen LogP contribution >= 0.6 is 0 Å². The third-order valence-corrected chi connectivity index (χ3v) is 8.62. The predicted molar refractivity (Wildman–Crippen MR) is 133 cm³/mol. The zero-order valence-corrected chi connectivity index (χ0v) is 21.6. The number of anilines is 2. The van der Waals surface area contributed by atoms with Crippen molar-refractivity contribution in [2.45, 2.75) is 56.5 Å². The predicted octanol–water partition coefficient (Wildman–Crippen LogP) is 2.39. The molecule has 1 aromatic carbocycles. The van der Waals surface area contributed by atoms with Crippen LogP contribution in [0.4, 0.5) is 24.7 Å². The van der Waals surface area contributed by atoms with Crippen molar-refractivity contribution in [3.63, 3.8) is 0 Å². The molecule has 0 unspecified atom stereocenters. The third kappa shape index (κ3) is 4.54. The summed E-state index contributed by atoms with van der Waals surface area (Å²) in [5.41, 5.74) is 0.897. The van der Waals surface area contributed by atoms with Gasteiger partial charge >= 0.3 is 0 Å². The van der Waals surface area contributed by atoms with Gasteiger partial charge in [-0.25, -0.2) is 26.3 Å². The Morgan fingerprint density at radius 1 is 1.26 bits per heavy atom. The van der Waals surface area contributed by atoms with Crippen LogP contribution < -0.4 is 15.5 Å². The van der Waals surface area contributed by atoms with E-state index in [1.807, 2.05) is 0 Å². The summed E-state index contributed by atoms with van der Waals surface area (Å²) in [7, 11) is -3.59. The summed E-state index contributed by atoms with van der Waals surface area (Å²) < 4.78 is 67.1. The Balaban J connectivity index is 1.33. The van der Waals surface area contributed by atoms with E-state index in [1.54, 1.807) is 10.7 Å². The fraction of sp³-hybridized carbons (Fsp3) is 0.560. The van der Waals surface area contributed by atoms with Gasteiger partial charge in [0.25, 0.3) is 11.8 Å². The number of nitrogens with one attached hydrogen (secondary N) is 2. The maximum Gasteiger partial charge on any atom is 0.282 e. The van der Waals surface area contributed by atoms with Gasteiger partial charge in [-0.3, -0.25) is 9.59 Å². The first-order valence-electron chi connectivity index (χ1n) is 12.7. The minimum absolute atomic E-state index is 0.148. The van der Waals surface area contributed by atoms with E-state index in [2.05, 4.69) is 15.7 Å². The summed E-state index contributed by atoms with van der Waals surface area (Å²) in [6.07, 6.45) is 5.02. The quantitative estimate of drug-likeness (QED) is 0.547. The van der Waals surface area contributed by atoms with Crippen molar-refractivity contribution in [2.75, 3.05) is 35.3 Å². The fourth-order valence-corrected chi connectivity index (χ4v) is 6.47. The van der Waals surface area contributed by atoms with E-state index in [0.717, 1.165) is 25.5 Å². The lowest BCUT2D eigenvalue weighted by atomic mass is 9.82. The molecular formula is C25H28F3N5O4S. The van der Waals surface area contributed by atoms with Gasteiger partial charge in [0.1, 0.15) is 23.0 Å². The number of aryl methyl sites for hydroxylation is 2. The number of nitrogens with zero attached hydrogens (tertiary/aromatic N) is 3. The van der Waals surface area contributed by atoms with Crippen LogP contribution in [0.5, 0.6) is 0 Å². The summed E-state index contributed by atoms with van der Waals surface area (Å²) in [6.45, 7) is -0.466. The molecule has 2 fully saturated rings. The highest BCUT2D eigenvalue weighted by Gasteiger charge is 2.49. The first kappa shape index (κ1) is 25.2. The topological polar surface area (TPSA) is 113 Å². The molecule has 2 N–H and O–H groups in total. The number of fused-ring (bicyclic) bond motifs is 3. The minimum Gasteiger partial charge on any atom is -0.359 e. The van der Waals surface area contributed by atoms with Gasteiger partial charge in [0, 0.05) is 30.5 Å². The number of hydrogen-bond acceptors (Lipinski definition) is 6. The lowest BCUT2D eigenvalue weighted by Crippen LogP contribution is -2.56. The molecule has 2 amide bonds. The maximum absolute atomic E-state index is 15.5. The first-order chi connectivity index (χ1) is 17.8. The lowest BCUT2D eigenvalue weighted by Gasteiger charge is -2.41. The number of aromatic nitrogens is 2. The summed E-state index contributed by atoms with van der Waals surface area (Å²) in [6, 6.07) is 2.96. The standard InChI is InChI=1S/C25H28F3N5O4S/c1-38(36,37)11-19(34)29-22-20-18(31-33(22)7-5-14-2-3-14)10-24(30-23(20)35)6-4-15-8-16(9-17(26)21(15)24)32-12-25(27,28)13-32/h8-9,14H,2-7,10-13H2,1H3,(H,29,34)(H,30,35)/t24-/m0/s1. The van der Waals surface area contributed by atoms with Crippen LogP contribution in [-0.4, -0.2) is 61.0 Å². The van der Waals surface area contributed by atoms with E-state index in [1.165, 1.54) is 11.0 Å². The van der Waals surface area contributed by atoms with E-state index in [0.29, 0.717) is 47.8 Å². The summed E-state index contributed by atoms with van der Waals surface area (Å²) in [5, 5.41) is 10.2. The first-order valence-corrected chi connectivity index (χ1v) is 14.7. The molecule has 2 aliphatic carbocycles. The number of rotatable bonds is 7. The molecule has 2 aromatic rings. The van der Waals surface area contributed by atoms with Crippen molar-refractivity contribution in [2.24, 2.45) is 5.92 Å². The second-order valence-electron chi connectivity index (χ2n) is 11.1. The van der Waals surface area contributed by atoms with E-state index in [9.17, 15) is 26.8 Å². The molecule has 0 radical (unpaired) electrons. The molecule has 13 heteroatoms. The molecule has 1 saturated carbocycles. The second-order valence-corrected chi connectivity index (χ2v) is 13.3. The number of carbonyl (C=O) groups excluding carboxylic acids is 2. The van der Waals surface area contributed by atoms with Crippen molar-refractivity contribution in [3.05, 3.63) is 40.3 Å². The Bertz CT molecular complexity index is 1460. The Hall–Kier alpha value is -3.09. The monoisotopic (exact) mass is 551 g/mol. The Morgan fingerprint density at radius 3 is 2.66 bits per heavy atom. The van der Waals surface area contributed by atoms with Crippen LogP contribution in [0.1, 0.15) is 52.9 Å². The molecule has 9 nitrogen and oxygen atoms in total. The zero-order chi connectivity index (χ0) is 27.0. The Kier molecular flexibility index (Phi) is 5.61. The Labute approximate surface area is 217 Å². The normalized spacial score (nSPS) is 23.6. The molecule has 38 heavy (non-hydrogen) atoms. The average Bonchev–Trinajstić information content (AvgIpc) is 3.46. The SMILES string of the molecule is CS(=O)(=O)CC(=O)Nc1c2c(nn1CCC1CC1)C[C@]1(CCc3cc(N4CC(F)(F)C4)cc(F)c31)NC2=O. The van der Waals surface area contributed by atoms with Crippen molar-refractivity contribution in [1.82, 2.24) is 15.1 Å². The summed E-state index contributed by atoms with van der Waals surface area (Å²) in [5.74, 6) is -4.68. The van der Waals surface area contributed by atoms with E-state index >= 15 is 4.39 Å². The molecular weight excluding hydrogens is 523 g/mol. The van der Waals surface area contributed by atoms with E-state index < -0.39 is 57.8 Å². The van der Waals surface area contributed by atoms with E-state index in [-0.39, 0.29) is 17.8 Å². The molecule has 1 spiro atoms. The van der Waals surface area contributed by atoms with Crippen LogP contribution in [0.15, 0.2) is 12.1 Å². The van der Waals surface area contributed by atoms with Crippen LogP contribution in [0.3, 0.4) is 0 Å². The molecule has 0 bridgehead atoms. The van der Waals surface area contributed by atoms with Gasteiger partial charge in [0.2, 0.25) is 5.91 Å². The fourth-order valence-electron chi connectivity index (χ4n) is 5.92. The van der Waals surface area contributed by atoms with Gasteiger partial charge in [0.15, 0.2) is 9.84 Å². The molecule has 2 aliphatic heterocycles. The lowest BCUT2D eigenvalue weighted by molar-refractivity contribution is -0.113. The molecule has 3 heterocycles. The molecule has 1 atom stereocenters. The highest BCUT2D eigenvalue weighted by Crippen LogP contribution is 2.46. The summed E-state index contributed by atoms with van der Waals surface area (Å²) in [4.78, 5) is 27.4. The third-order valence-electron chi connectivity index (χ3n) is 7.84. The van der Waals surface area contributed by atoms with Crippen molar-refractivity contribution in [3.8, 4) is 0 Å². The molecule has 4 aliphatic rings. The molecule has 1 saturated heterocycles. The number of carbonyl (C=O) groups is 2. The number of sulfone groups is 1. The summed E-state index contributed by atoms with van der Waals surface area (Å²) >= 11 is 0. The van der Waals surface area contributed by atoms with E-state index in [4.69, 9.17) is 0 Å². The van der Waals surface area contributed by atoms with Gasteiger partial charge in [-0.15, -0.1) is 0 Å². The highest BCUT2D eigenvalue weighted by molar-refractivity contribution is 7.91. The number of amides is 2. The number of hydrogen-bond donors (Lipinski definition) is 2. The molecule has 1 aromatic heterocycles. The largest absolute Gasteiger partial charge is 0.359 e. The number of halogens is 3. The zero-order valence-electron chi connectivity index (χ0n) is 20.8. The van der Waals surface area contributed by atoms with Crippen LogP contribution in [0, 0.1) is 11.7 Å². The smallest absolute Gasteiger partial charge is 0.282 e. The van der Waals surface area contributed by atoms with Crippen molar-refractivity contribution in [1.29, 1.82) is 0 Å². The van der Waals surface area contributed by atoms with Gasteiger partial charge in [-0.05, 0) is 42.9 Å². The molecule has 204 valence electrons. The van der Waals surface area contributed by atoms with Crippen LogP contribution in [0.2, 0.25) is 0 Å². The second kappa shape index (κ2) is 8.45. The van der Waals surface area contributed by atoms with Crippen molar-refractivity contribution < 1.29 is 31.2 Å². The van der Waals surface area contributed by atoms with Crippen molar-refractivity contribution >= 4 is 33.2 Å². The average molecular weight is 552 g/mol. The van der Waals surface area contributed by atoms with Crippen LogP contribution in [0.25, 0.3) is 0 Å². The van der Waals surface area contributed by atoms with Gasteiger partial charge < -0.3 is 15.5 Å². The molecule has 6 rings (SSSR count). The van der Waals surface area contributed by atoms with Crippen LogP contribution in [-0.2, 0) is 39.6 Å². The maximum atomic E-state index is 15.5. The number of benzene rings is 1.